The van der Waals surface area contributed by atoms with Crippen LogP contribution in [0.1, 0.15) is 73.5 Å². The number of alkyl halides is 6. The van der Waals surface area contributed by atoms with Crippen LogP contribution in [0.5, 0.6) is 0 Å². The highest BCUT2D eigenvalue weighted by atomic mass is 19.3. The van der Waals surface area contributed by atoms with Crippen LogP contribution < -0.4 is 0 Å². The third-order valence-corrected chi connectivity index (χ3v) is 9.27. The van der Waals surface area contributed by atoms with Gasteiger partial charge in [-0.3, -0.25) is 9.78 Å². The molecule has 1 saturated carbocycles. The minimum absolute atomic E-state index is 0.0199. The molecular formula is C30H31F7N4O2. The predicted molar refractivity (Wildman–Crippen MR) is 142 cm³/mol. The van der Waals surface area contributed by atoms with E-state index in [9.17, 15) is 31.1 Å². The lowest BCUT2D eigenvalue weighted by Crippen LogP contribution is -2.63. The number of hydrogen-bond acceptors (Lipinski definition) is 4. The maximum atomic E-state index is 16.4. The van der Waals surface area contributed by atoms with Crippen LogP contribution in [0.25, 0.3) is 11.0 Å². The van der Waals surface area contributed by atoms with Gasteiger partial charge < -0.3 is 14.6 Å². The van der Waals surface area contributed by atoms with Crippen molar-refractivity contribution in [2.24, 2.45) is 5.92 Å². The van der Waals surface area contributed by atoms with Crippen LogP contribution in [0.4, 0.5) is 30.7 Å². The monoisotopic (exact) mass is 612 g/mol. The lowest BCUT2D eigenvalue weighted by atomic mass is 9.72. The molecule has 0 unspecified atom stereocenters. The molecule has 232 valence electrons. The van der Waals surface area contributed by atoms with Crippen LogP contribution in [-0.2, 0) is 21.4 Å². The molecule has 1 atom stereocenters. The molecule has 2 aliphatic heterocycles. The summed E-state index contributed by atoms with van der Waals surface area (Å²) in [5, 5.41) is 0. The van der Waals surface area contributed by atoms with E-state index in [0.717, 1.165) is 4.90 Å². The number of imidazole rings is 1. The fraction of sp³-hybridized carbons (Fsp3) is 0.567. The summed E-state index contributed by atoms with van der Waals surface area (Å²) < 4.78 is 105. The van der Waals surface area contributed by atoms with Gasteiger partial charge in [0.2, 0.25) is 11.8 Å². The molecule has 6 rings (SSSR count). The van der Waals surface area contributed by atoms with Crippen LogP contribution in [0.15, 0.2) is 30.5 Å². The highest BCUT2D eigenvalue weighted by Crippen LogP contribution is 2.45. The van der Waals surface area contributed by atoms with Crippen molar-refractivity contribution in [3.05, 3.63) is 58.9 Å². The van der Waals surface area contributed by atoms with E-state index >= 15 is 4.39 Å². The van der Waals surface area contributed by atoms with E-state index in [1.54, 1.807) is 6.07 Å². The number of rotatable bonds is 7. The highest BCUT2D eigenvalue weighted by Gasteiger charge is 2.54. The Labute approximate surface area is 243 Å². The number of H-pyrrole nitrogens is 1. The van der Waals surface area contributed by atoms with E-state index in [1.807, 2.05) is 0 Å². The molecule has 3 aliphatic rings. The third kappa shape index (κ3) is 5.60. The number of carbonyl (C=O) groups excluding carboxylic acids is 1. The second-order valence-corrected chi connectivity index (χ2v) is 12.0. The molecule has 2 saturated heterocycles. The van der Waals surface area contributed by atoms with Crippen molar-refractivity contribution < 1.29 is 40.3 Å². The van der Waals surface area contributed by atoms with Gasteiger partial charge in [0, 0.05) is 61.4 Å². The summed E-state index contributed by atoms with van der Waals surface area (Å²) in [4.78, 5) is 26.4. The molecule has 1 aliphatic carbocycles. The number of ether oxygens (including phenoxy) is 1. The average molecular weight is 613 g/mol. The summed E-state index contributed by atoms with van der Waals surface area (Å²) in [6, 6.07) is 5.66. The molecule has 1 aromatic carbocycles. The molecule has 43 heavy (non-hydrogen) atoms. The normalized spacial score (nSPS) is 22.5. The largest absolute Gasteiger partial charge is 0.381 e. The van der Waals surface area contributed by atoms with E-state index in [0.29, 0.717) is 0 Å². The smallest absolute Gasteiger partial charge is 0.282 e. The summed E-state index contributed by atoms with van der Waals surface area (Å²) in [5.74, 6) is -7.93. The van der Waals surface area contributed by atoms with Gasteiger partial charge in [0.15, 0.2) is 5.82 Å². The van der Waals surface area contributed by atoms with Gasteiger partial charge in [0.05, 0.1) is 24.0 Å². The van der Waals surface area contributed by atoms with Gasteiger partial charge in [-0.15, -0.1) is 0 Å². The van der Waals surface area contributed by atoms with Crippen LogP contribution in [0.3, 0.4) is 0 Å². The molecule has 4 heterocycles. The fourth-order valence-corrected chi connectivity index (χ4v) is 6.86. The number of nitrogens with zero attached hydrogens (tertiary/aromatic N) is 3. The average Bonchev–Trinajstić information content (AvgIpc) is 3.40. The number of hydrogen-bond donors (Lipinski definition) is 1. The molecule has 13 heteroatoms. The van der Waals surface area contributed by atoms with E-state index in [1.165, 1.54) is 24.4 Å². The van der Waals surface area contributed by atoms with E-state index in [4.69, 9.17) is 4.74 Å². The fourth-order valence-electron chi connectivity index (χ4n) is 6.86. The molecule has 3 aromatic rings. The van der Waals surface area contributed by atoms with E-state index in [-0.39, 0.29) is 97.8 Å². The lowest BCUT2D eigenvalue weighted by molar-refractivity contribution is -0.174. The molecule has 1 N–H and O–H groups in total. The Morgan fingerprint density at radius 1 is 1.02 bits per heavy atom. The molecule has 0 radical (unpaired) electrons. The van der Waals surface area contributed by atoms with Crippen molar-refractivity contribution in [1.29, 1.82) is 0 Å². The Kier molecular flexibility index (Phi) is 7.67. The van der Waals surface area contributed by atoms with Crippen LogP contribution in [-0.4, -0.2) is 63.9 Å². The van der Waals surface area contributed by atoms with Crippen LogP contribution in [0.2, 0.25) is 0 Å². The van der Waals surface area contributed by atoms with Crippen molar-refractivity contribution in [2.75, 3.05) is 26.3 Å². The number of pyridine rings is 1. The number of benzene rings is 1. The zero-order chi connectivity index (χ0) is 30.6. The van der Waals surface area contributed by atoms with E-state index < -0.39 is 54.4 Å². The van der Waals surface area contributed by atoms with E-state index in [2.05, 4.69) is 15.0 Å². The molecule has 0 spiro atoms. The van der Waals surface area contributed by atoms with Crippen molar-refractivity contribution in [3.63, 3.8) is 0 Å². The maximum absolute atomic E-state index is 16.4. The Balaban J connectivity index is 1.39. The zero-order valence-electron chi connectivity index (χ0n) is 23.2. The molecule has 0 bridgehead atoms. The number of halogens is 7. The number of amides is 1. The summed E-state index contributed by atoms with van der Waals surface area (Å²) in [6.45, 7) is -1.18. The number of carbonyl (C=O) groups is 1. The Morgan fingerprint density at radius 2 is 1.72 bits per heavy atom. The highest BCUT2D eigenvalue weighted by molar-refractivity contribution is 5.91. The second-order valence-electron chi connectivity index (χ2n) is 12.0. The number of aromatic nitrogens is 3. The van der Waals surface area contributed by atoms with Gasteiger partial charge in [0.25, 0.3) is 12.3 Å². The minimum Gasteiger partial charge on any atom is -0.381 e. The van der Waals surface area contributed by atoms with Crippen molar-refractivity contribution in [2.45, 2.75) is 74.5 Å². The molecule has 3 fully saturated rings. The third-order valence-electron chi connectivity index (χ3n) is 9.27. The first-order valence-electron chi connectivity index (χ1n) is 14.4. The summed E-state index contributed by atoms with van der Waals surface area (Å²) >= 11 is 0. The van der Waals surface area contributed by atoms with Gasteiger partial charge in [-0.25, -0.2) is 35.7 Å². The number of likely N-dealkylation sites (tertiary alicyclic amines) is 1. The number of aromatic amines is 1. The maximum Gasteiger partial charge on any atom is 0.282 e. The predicted octanol–water partition coefficient (Wildman–Crippen LogP) is 6.71. The number of nitrogens with one attached hydrogen (secondary N) is 1. The van der Waals surface area contributed by atoms with Gasteiger partial charge >= 0.3 is 0 Å². The standard InChI is InChI=1S/C30H31F7N4O2/c31-23-20(28(9-12-43-13-10-28)27(42)41-15-30(36,37)16-41)3-4-21-24(23)40-26(39-21)19(17-5-7-29(34,35)8-6-17)14-22-18(25(32)33)2-1-11-38-22/h1-4,11,17,19,25H,5-10,12-16H2,(H,39,40)/t19-/m0/s1. The van der Waals surface area contributed by atoms with Crippen LogP contribution in [0, 0.1) is 11.7 Å². The summed E-state index contributed by atoms with van der Waals surface area (Å²) in [6.07, 6.45) is -1.71. The zero-order valence-corrected chi connectivity index (χ0v) is 23.2. The second kappa shape index (κ2) is 11.0. The van der Waals surface area contributed by atoms with Crippen molar-refractivity contribution >= 4 is 16.9 Å². The number of fused-ring (bicyclic) bond motifs is 1. The minimum atomic E-state index is -2.99. The first-order valence-corrected chi connectivity index (χ1v) is 14.4. The van der Waals surface area contributed by atoms with Gasteiger partial charge in [0.1, 0.15) is 11.3 Å². The molecule has 2 aromatic heterocycles. The van der Waals surface area contributed by atoms with Crippen LogP contribution >= 0.6 is 0 Å². The van der Waals surface area contributed by atoms with Gasteiger partial charge in [-0.05, 0) is 49.8 Å². The molecule has 1 amide bonds. The summed E-state index contributed by atoms with van der Waals surface area (Å²) in [7, 11) is 0. The SMILES string of the molecule is O=C(N1CC(F)(F)C1)C1(c2ccc3[nH]c([C@@H](Cc4ncccc4C(F)F)C4CCC(F)(F)CC4)nc3c2F)CCOCC1. The van der Waals surface area contributed by atoms with Gasteiger partial charge in [-0.2, -0.15) is 0 Å². The molecular weight excluding hydrogens is 581 g/mol. The van der Waals surface area contributed by atoms with Crippen molar-refractivity contribution in [3.8, 4) is 0 Å². The topological polar surface area (TPSA) is 71.1 Å². The first-order chi connectivity index (χ1) is 20.4. The lowest BCUT2D eigenvalue weighted by Gasteiger charge is -2.46. The summed E-state index contributed by atoms with van der Waals surface area (Å²) in [5.41, 5.74) is -1.36. The molecule has 6 nitrogen and oxygen atoms in total. The van der Waals surface area contributed by atoms with Gasteiger partial charge in [-0.1, -0.05) is 6.07 Å². The Morgan fingerprint density at radius 3 is 2.37 bits per heavy atom. The first kappa shape index (κ1) is 29.8. The quantitative estimate of drug-likeness (QED) is 0.301. The van der Waals surface area contributed by atoms with Crippen molar-refractivity contribution in [1.82, 2.24) is 19.9 Å². The Hall–Kier alpha value is -3.22. The Bertz CT molecular complexity index is 1490.